The fourth-order valence-corrected chi connectivity index (χ4v) is 3.13. The summed E-state index contributed by atoms with van der Waals surface area (Å²) < 4.78 is 2.28. The Morgan fingerprint density at radius 2 is 2.25 bits per heavy atom. The van der Waals surface area contributed by atoms with E-state index in [1.807, 2.05) is 6.92 Å². The second-order valence-electron chi connectivity index (χ2n) is 5.34. The number of aromatic nitrogens is 4. The normalized spacial score (nSPS) is 14.1. The summed E-state index contributed by atoms with van der Waals surface area (Å²) in [5, 5.41) is 0. The number of benzene rings is 1. The van der Waals surface area contributed by atoms with Crippen molar-refractivity contribution in [2.75, 3.05) is 0 Å². The van der Waals surface area contributed by atoms with Crippen molar-refractivity contribution in [3.63, 3.8) is 0 Å². The summed E-state index contributed by atoms with van der Waals surface area (Å²) in [6, 6.07) is 6.29. The van der Waals surface area contributed by atoms with Crippen LogP contribution in [-0.2, 0) is 19.5 Å². The molecule has 2 aromatic heterocycles. The highest BCUT2D eigenvalue weighted by Gasteiger charge is 2.21. The van der Waals surface area contributed by atoms with E-state index in [9.17, 15) is 0 Å². The average molecular weight is 267 g/mol. The van der Waals surface area contributed by atoms with Crippen molar-refractivity contribution in [3.05, 3.63) is 35.5 Å². The van der Waals surface area contributed by atoms with Crippen molar-refractivity contribution < 1.29 is 0 Å². The summed E-state index contributed by atoms with van der Waals surface area (Å²) in [5.74, 6) is 1.93. The number of nitrogens with one attached hydrogen (secondary N) is 1. The van der Waals surface area contributed by atoms with Crippen LogP contribution in [0, 0.1) is 6.92 Å². The smallest absolute Gasteiger partial charge is 0.123 e. The summed E-state index contributed by atoms with van der Waals surface area (Å²) in [5.41, 5.74) is 11.4. The third-order valence-corrected chi connectivity index (χ3v) is 4.00. The molecular weight excluding hydrogens is 250 g/mol. The van der Waals surface area contributed by atoms with Crippen molar-refractivity contribution in [2.45, 2.75) is 32.9 Å². The van der Waals surface area contributed by atoms with Gasteiger partial charge in [0.25, 0.3) is 0 Å². The topological polar surface area (TPSA) is 72.5 Å². The number of hydrogen-bond acceptors (Lipinski definition) is 3. The molecule has 0 amide bonds. The highest BCUT2D eigenvalue weighted by Crippen LogP contribution is 2.30. The number of aryl methyl sites for hydroxylation is 1. The Morgan fingerprint density at radius 3 is 3.10 bits per heavy atom. The molecule has 1 aromatic carbocycles. The molecule has 0 radical (unpaired) electrons. The second kappa shape index (κ2) is 4.18. The third kappa shape index (κ3) is 1.59. The van der Waals surface area contributed by atoms with Gasteiger partial charge >= 0.3 is 0 Å². The molecule has 0 fully saturated rings. The fraction of sp³-hybridized carbons (Fsp3) is 0.333. The van der Waals surface area contributed by atoms with Crippen LogP contribution in [0.2, 0.25) is 0 Å². The standard InChI is InChI=1S/C15H17N5/c1-9-17-11-5-4-10(7-12(11)18-9)15-13-3-2-6-20(13)14(8-16)19-15/h4-5,7H,2-3,6,8,16H2,1H3,(H,17,18). The van der Waals surface area contributed by atoms with Crippen LogP contribution < -0.4 is 5.73 Å². The van der Waals surface area contributed by atoms with E-state index in [0.29, 0.717) is 6.54 Å². The Hall–Kier alpha value is -2.14. The molecule has 5 nitrogen and oxygen atoms in total. The lowest BCUT2D eigenvalue weighted by molar-refractivity contribution is 0.689. The number of nitrogens with two attached hydrogens (primary N) is 1. The van der Waals surface area contributed by atoms with Gasteiger partial charge in [-0.15, -0.1) is 0 Å². The summed E-state index contributed by atoms with van der Waals surface area (Å²) in [6.07, 6.45) is 2.27. The zero-order valence-electron chi connectivity index (χ0n) is 11.5. The van der Waals surface area contributed by atoms with Gasteiger partial charge in [0.2, 0.25) is 0 Å². The molecule has 1 aliphatic heterocycles. The Balaban J connectivity index is 1.90. The first-order chi connectivity index (χ1) is 9.76. The number of H-pyrrole nitrogens is 1. The average Bonchev–Trinajstić information content (AvgIpc) is 3.09. The van der Waals surface area contributed by atoms with Crippen molar-refractivity contribution in [2.24, 2.45) is 5.73 Å². The maximum absolute atomic E-state index is 5.81. The number of nitrogens with zero attached hydrogens (tertiary/aromatic N) is 3. The minimum Gasteiger partial charge on any atom is -0.342 e. The summed E-state index contributed by atoms with van der Waals surface area (Å²) in [4.78, 5) is 12.5. The first kappa shape index (κ1) is 11.7. The Kier molecular flexibility index (Phi) is 2.44. The Morgan fingerprint density at radius 1 is 1.35 bits per heavy atom. The van der Waals surface area contributed by atoms with Crippen LogP contribution >= 0.6 is 0 Å². The van der Waals surface area contributed by atoms with Gasteiger partial charge in [-0.3, -0.25) is 0 Å². The number of hydrogen-bond donors (Lipinski definition) is 2. The van der Waals surface area contributed by atoms with Gasteiger partial charge in [-0.05, 0) is 31.9 Å². The highest BCUT2D eigenvalue weighted by atomic mass is 15.1. The van der Waals surface area contributed by atoms with Gasteiger partial charge in [-0.1, -0.05) is 6.07 Å². The van der Waals surface area contributed by atoms with Gasteiger partial charge < -0.3 is 15.3 Å². The SMILES string of the molecule is Cc1nc2ccc(-c3nc(CN)n4c3CCC4)cc2[nH]1. The maximum atomic E-state index is 5.81. The number of fused-ring (bicyclic) bond motifs is 2. The van der Waals surface area contributed by atoms with Crippen molar-refractivity contribution >= 4 is 11.0 Å². The first-order valence-corrected chi connectivity index (χ1v) is 7.01. The van der Waals surface area contributed by atoms with Crippen LogP contribution in [0.4, 0.5) is 0 Å². The van der Waals surface area contributed by atoms with E-state index in [0.717, 1.165) is 46.9 Å². The molecule has 0 atom stereocenters. The van der Waals surface area contributed by atoms with Crippen LogP contribution in [0.3, 0.4) is 0 Å². The van der Waals surface area contributed by atoms with Crippen LogP contribution in [0.5, 0.6) is 0 Å². The lowest BCUT2D eigenvalue weighted by Gasteiger charge is -2.00. The minimum atomic E-state index is 0.498. The minimum absolute atomic E-state index is 0.498. The zero-order valence-corrected chi connectivity index (χ0v) is 11.5. The largest absolute Gasteiger partial charge is 0.342 e. The molecule has 0 saturated heterocycles. The molecular formula is C15H17N5. The number of imidazole rings is 2. The third-order valence-electron chi connectivity index (χ3n) is 4.00. The number of rotatable bonds is 2. The lowest BCUT2D eigenvalue weighted by Crippen LogP contribution is -2.06. The van der Waals surface area contributed by atoms with Gasteiger partial charge in [0.1, 0.15) is 11.6 Å². The summed E-state index contributed by atoms with van der Waals surface area (Å²) in [6.45, 7) is 3.51. The van der Waals surface area contributed by atoms with E-state index in [4.69, 9.17) is 10.7 Å². The van der Waals surface area contributed by atoms with Crippen molar-refractivity contribution in [1.82, 2.24) is 19.5 Å². The fourth-order valence-electron chi connectivity index (χ4n) is 3.13. The van der Waals surface area contributed by atoms with E-state index in [1.54, 1.807) is 0 Å². The molecule has 1 aliphatic rings. The maximum Gasteiger partial charge on any atom is 0.123 e. The van der Waals surface area contributed by atoms with Crippen molar-refractivity contribution in [1.29, 1.82) is 0 Å². The van der Waals surface area contributed by atoms with E-state index in [1.165, 1.54) is 12.1 Å². The Labute approximate surface area is 116 Å². The molecule has 0 aliphatic carbocycles. The van der Waals surface area contributed by atoms with Crippen LogP contribution in [0.15, 0.2) is 18.2 Å². The van der Waals surface area contributed by atoms with E-state index >= 15 is 0 Å². The second-order valence-corrected chi connectivity index (χ2v) is 5.34. The zero-order chi connectivity index (χ0) is 13.7. The predicted molar refractivity (Wildman–Crippen MR) is 78.3 cm³/mol. The molecule has 0 bridgehead atoms. The van der Waals surface area contributed by atoms with Crippen molar-refractivity contribution in [3.8, 4) is 11.3 Å². The molecule has 3 N–H and O–H groups in total. The molecule has 0 spiro atoms. The van der Waals surface area contributed by atoms with E-state index in [2.05, 4.69) is 32.7 Å². The highest BCUT2D eigenvalue weighted by molar-refractivity contribution is 5.81. The predicted octanol–water partition coefficient (Wildman–Crippen LogP) is 2.14. The molecule has 0 saturated carbocycles. The van der Waals surface area contributed by atoms with Crippen LogP contribution in [-0.4, -0.2) is 19.5 Å². The first-order valence-electron chi connectivity index (χ1n) is 7.01. The van der Waals surface area contributed by atoms with Gasteiger partial charge in [0.05, 0.1) is 23.3 Å². The molecule has 20 heavy (non-hydrogen) atoms. The number of aromatic amines is 1. The lowest BCUT2D eigenvalue weighted by atomic mass is 10.1. The quantitative estimate of drug-likeness (QED) is 0.747. The van der Waals surface area contributed by atoms with Crippen LogP contribution in [0.25, 0.3) is 22.3 Å². The van der Waals surface area contributed by atoms with Crippen LogP contribution in [0.1, 0.15) is 23.8 Å². The Bertz CT molecular complexity index is 796. The van der Waals surface area contributed by atoms with Gasteiger partial charge in [0.15, 0.2) is 0 Å². The van der Waals surface area contributed by atoms with E-state index in [-0.39, 0.29) is 0 Å². The molecule has 3 aromatic rings. The van der Waals surface area contributed by atoms with Gasteiger partial charge in [0, 0.05) is 17.8 Å². The van der Waals surface area contributed by atoms with E-state index < -0.39 is 0 Å². The van der Waals surface area contributed by atoms with Gasteiger partial charge in [-0.2, -0.15) is 0 Å². The molecule has 3 heterocycles. The monoisotopic (exact) mass is 267 g/mol. The molecule has 5 heteroatoms. The molecule has 102 valence electrons. The molecule has 0 unspecified atom stereocenters. The summed E-state index contributed by atoms with van der Waals surface area (Å²) in [7, 11) is 0. The summed E-state index contributed by atoms with van der Waals surface area (Å²) >= 11 is 0. The van der Waals surface area contributed by atoms with Gasteiger partial charge in [-0.25, -0.2) is 9.97 Å². The molecule has 4 rings (SSSR count).